The molecule has 140 valence electrons. The van der Waals surface area contributed by atoms with Crippen LogP contribution in [0.15, 0.2) is 24.4 Å². The van der Waals surface area contributed by atoms with Crippen LogP contribution >= 0.6 is 0 Å². The van der Waals surface area contributed by atoms with Gasteiger partial charge in [-0.05, 0) is 50.3 Å². The normalized spacial score (nSPS) is 25.0. The molecule has 2 heterocycles. The van der Waals surface area contributed by atoms with E-state index in [1.165, 1.54) is 12.8 Å². The Balaban J connectivity index is 1.51. The molecule has 1 aromatic heterocycles. The Morgan fingerprint density at radius 2 is 1.81 bits per heavy atom. The van der Waals surface area contributed by atoms with E-state index < -0.39 is 0 Å². The van der Waals surface area contributed by atoms with Crippen LogP contribution in [0.3, 0.4) is 0 Å². The van der Waals surface area contributed by atoms with E-state index in [1.807, 2.05) is 17.0 Å². The van der Waals surface area contributed by atoms with Crippen LogP contribution in [0.4, 0.5) is 4.39 Å². The fourth-order valence-electron chi connectivity index (χ4n) is 4.85. The molecular formula is C21H28FN3O. The highest BCUT2D eigenvalue weighted by atomic mass is 19.1. The van der Waals surface area contributed by atoms with E-state index in [0.29, 0.717) is 12.1 Å². The van der Waals surface area contributed by atoms with E-state index in [0.717, 1.165) is 55.5 Å². The molecule has 0 unspecified atom stereocenters. The number of rotatable bonds is 2. The number of halogens is 1. The smallest absolute Gasteiger partial charge is 0.219 e. The van der Waals surface area contributed by atoms with Gasteiger partial charge in [0, 0.05) is 56.8 Å². The summed E-state index contributed by atoms with van der Waals surface area (Å²) in [4.78, 5) is 16.1. The van der Waals surface area contributed by atoms with Crippen molar-refractivity contribution in [1.82, 2.24) is 14.4 Å². The summed E-state index contributed by atoms with van der Waals surface area (Å²) in [5, 5.41) is 0.738. The zero-order valence-corrected chi connectivity index (χ0v) is 15.7. The van der Waals surface area contributed by atoms with E-state index in [9.17, 15) is 9.18 Å². The van der Waals surface area contributed by atoms with Crippen LogP contribution in [-0.2, 0) is 4.79 Å². The lowest BCUT2D eigenvalue weighted by Crippen LogP contribution is -2.52. The van der Waals surface area contributed by atoms with Gasteiger partial charge in [0.2, 0.25) is 5.91 Å². The van der Waals surface area contributed by atoms with Crippen molar-refractivity contribution in [3.8, 4) is 0 Å². The van der Waals surface area contributed by atoms with Crippen LogP contribution in [-0.4, -0.2) is 52.5 Å². The molecule has 0 radical (unpaired) electrons. The zero-order valence-electron chi connectivity index (χ0n) is 15.7. The first-order valence-corrected chi connectivity index (χ1v) is 9.80. The number of hydrogen-bond donors (Lipinski definition) is 0. The highest BCUT2D eigenvalue weighted by Crippen LogP contribution is 2.35. The standard InChI is InChI=1S/C21H28FN3O/c1-15-6-7-20(22)19-8-9-25(21(15)19)18-5-3-4-17(14-18)24-12-10-23(11-13-24)16(2)26/h6-9,17-18H,3-5,10-14H2,1-2H3/t17-,18-/m0/s1. The summed E-state index contributed by atoms with van der Waals surface area (Å²) in [6.45, 7) is 7.35. The minimum atomic E-state index is -0.128. The summed E-state index contributed by atoms with van der Waals surface area (Å²) >= 11 is 0. The van der Waals surface area contributed by atoms with Gasteiger partial charge in [-0.2, -0.15) is 0 Å². The number of piperazine rings is 1. The lowest BCUT2D eigenvalue weighted by atomic mass is 9.89. The van der Waals surface area contributed by atoms with Crippen molar-refractivity contribution in [2.45, 2.75) is 51.6 Å². The zero-order chi connectivity index (χ0) is 18.3. The third-order valence-electron chi connectivity index (χ3n) is 6.31. The van der Waals surface area contributed by atoms with Crippen molar-refractivity contribution in [1.29, 1.82) is 0 Å². The van der Waals surface area contributed by atoms with Crippen LogP contribution in [0.2, 0.25) is 0 Å². The van der Waals surface area contributed by atoms with Gasteiger partial charge in [0.05, 0.1) is 5.52 Å². The van der Waals surface area contributed by atoms with Crippen molar-refractivity contribution >= 4 is 16.8 Å². The fourth-order valence-corrected chi connectivity index (χ4v) is 4.85. The number of amides is 1. The van der Waals surface area contributed by atoms with Crippen LogP contribution in [0.1, 0.15) is 44.2 Å². The maximum Gasteiger partial charge on any atom is 0.219 e. The minimum absolute atomic E-state index is 0.128. The van der Waals surface area contributed by atoms with Crippen molar-refractivity contribution in [3.63, 3.8) is 0 Å². The Morgan fingerprint density at radius 3 is 2.54 bits per heavy atom. The van der Waals surface area contributed by atoms with Gasteiger partial charge in [-0.15, -0.1) is 0 Å². The van der Waals surface area contributed by atoms with Crippen LogP contribution in [0.5, 0.6) is 0 Å². The minimum Gasteiger partial charge on any atom is -0.344 e. The molecule has 4 rings (SSSR count). The lowest BCUT2D eigenvalue weighted by Gasteiger charge is -2.42. The average molecular weight is 357 g/mol. The van der Waals surface area contributed by atoms with Crippen molar-refractivity contribution in [2.75, 3.05) is 26.2 Å². The Kier molecular flexibility index (Phi) is 4.74. The van der Waals surface area contributed by atoms with Gasteiger partial charge >= 0.3 is 0 Å². The maximum atomic E-state index is 14.2. The maximum absolute atomic E-state index is 14.2. The van der Waals surface area contributed by atoms with E-state index in [4.69, 9.17) is 0 Å². The molecule has 0 N–H and O–H groups in total. The molecule has 0 bridgehead atoms. The number of benzene rings is 1. The SMILES string of the molecule is CC(=O)N1CCN([C@H]2CCC[C@H](n3ccc4c(F)ccc(C)c43)C2)CC1. The van der Waals surface area contributed by atoms with Gasteiger partial charge in [0.1, 0.15) is 5.82 Å². The molecule has 1 saturated carbocycles. The summed E-state index contributed by atoms with van der Waals surface area (Å²) in [6, 6.07) is 6.37. The summed E-state index contributed by atoms with van der Waals surface area (Å²) in [5.41, 5.74) is 2.20. The predicted molar refractivity (Wildman–Crippen MR) is 102 cm³/mol. The van der Waals surface area contributed by atoms with Gasteiger partial charge in [0.15, 0.2) is 0 Å². The second-order valence-electron chi connectivity index (χ2n) is 7.87. The van der Waals surface area contributed by atoms with E-state index in [1.54, 1.807) is 13.0 Å². The first-order valence-electron chi connectivity index (χ1n) is 9.80. The van der Waals surface area contributed by atoms with Crippen molar-refractivity contribution in [2.24, 2.45) is 0 Å². The van der Waals surface area contributed by atoms with E-state index in [-0.39, 0.29) is 11.7 Å². The monoisotopic (exact) mass is 357 g/mol. The Bertz CT molecular complexity index is 807. The molecule has 2 aliphatic rings. The van der Waals surface area contributed by atoms with Crippen molar-refractivity contribution in [3.05, 3.63) is 35.8 Å². The quantitative estimate of drug-likeness (QED) is 0.819. The third-order valence-corrected chi connectivity index (χ3v) is 6.31. The van der Waals surface area contributed by atoms with Crippen LogP contribution < -0.4 is 0 Å². The fraction of sp³-hybridized carbons (Fsp3) is 0.571. The van der Waals surface area contributed by atoms with Gasteiger partial charge in [0.25, 0.3) is 0 Å². The van der Waals surface area contributed by atoms with Gasteiger partial charge < -0.3 is 9.47 Å². The number of nitrogens with zero attached hydrogens (tertiary/aromatic N) is 3. The molecule has 1 aliphatic carbocycles. The number of carbonyl (C=O) groups excluding carboxylic acids is 1. The van der Waals surface area contributed by atoms with Gasteiger partial charge in [-0.25, -0.2) is 4.39 Å². The summed E-state index contributed by atoms with van der Waals surface area (Å²) in [6.07, 6.45) is 6.77. The topological polar surface area (TPSA) is 28.5 Å². The van der Waals surface area contributed by atoms with Crippen molar-refractivity contribution < 1.29 is 9.18 Å². The highest BCUT2D eigenvalue weighted by Gasteiger charge is 2.30. The predicted octanol–water partition coefficient (Wildman–Crippen LogP) is 3.74. The first-order chi connectivity index (χ1) is 12.5. The van der Waals surface area contributed by atoms with E-state index >= 15 is 0 Å². The number of aryl methyl sites for hydroxylation is 1. The largest absolute Gasteiger partial charge is 0.344 e. The molecule has 2 aromatic rings. The first kappa shape index (κ1) is 17.5. The number of hydrogen-bond acceptors (Lipinski definition) is 2. The van der Waals surface area contributed by atoms with Crippen LogP contribution in [0.25, 0.3) is 10.9 Å². The Labute approximate surface area is 154 Å². The molecule has 1 amide bonds. The Hall–Kier alpha value is -1.88. The second kappa shape index (κ2) is 7.03. The molecule has 1 saturated heterocycles. The van der Waals surface area contributed by atoms with Crippen LogP contribution in [0, 0.1) is 12.7 Å². The average Bonchev–Trinajstić information content (AvgIpc) is 3.11. The Morgan fingerprint density at radius 1 is 1.08 bits per heavy atom. The molecule has 2 atom stereocenters. The number of aromatic nitrogens is 1. The number of carbonyl (C=O) groups is 1. The molecule has 1 aromatic carbocycles. The lowest BCUT2D eigenvalue weighted by molar-refractivity contribution is -0.131. The molecule has 0 spiro atoms. The summed E-state index contributed by atoms with van der Waals surface area (Å²) < 4.78 is 16.5. The molecule has 4 nitrogen and oxygen atoms in total. The molecule has 5 heteroatoms. The molecule has 2 fully saturated rings. The van der Waals surface area contributed by atoms with Gasteiger partial charge in [-0.3, -0.25) is 9.69 Å². The second-order valence-corrected chi connectivity index (χ2v) is 7.87. The van der Waals surface area contributed by atoms with E-state index in [2.05, 4.69) is 22.6 Å². The molecule has 1 aliphatic heterocycles. The highest BCUT2D eigenvalue weighted by molar-refractivity contribution is 5.84. The number of fused-ring (bicyclic) bond motifs is 1. The molecule has 26 heavy (non-hydrogen) atoms. The summed E-state index contributed by atoms with van der Waals surface area (Å²) in [5.74, 6) is 0.0551. The van der Waals surface area contributed by atoms with Gasteiger partial charge in [-0.1, -0.05) is 6.07 Å². The molecular weight excluding hydrogens is 329 g/mol. The third kappa shape index (κ3) is 3.13. The summed E-state index contributed by atoms with van der Waals surface area (Å²) in [7, 11) is 0.